The van der Waals surface area contributed by atoms with Gasteiger partial charge < -0.3 is 14.8 Å². The standard InChI is InChI=1S/C14H15ClN4O4/c1-8-5-12(19-18-8)17-14(21)16-9-3-4-11(10(15)6-9)23-7-13(20)22-2/h3-6H,7H2,1-2H3,(H3,16,17,18,19,21). The van der Waals surface area contributed by atoms with E-state index in [0.717, 1.165) is 5.69 Å². The van der Waals surface area contributed by atoms with Crippen molar-refractivity contribution in [1.29, 1.82) is 0 Å². The highest BCUT2D eigenvalue weighted by atomic mass is 35.5. The lowest BCUT2D eigenvalue weighted by Crippen LogP contribution is -2.19. The Morgan fingerprint density at radius 3 is 2.70 bits per heavy atom. The number of aromatic amines is 1. The number of halogens is 1. The van der Waals surface area contributed by atoms with Gasteiger partial charge in [-0.2, -0.15) is 5.10 Å². The number of aryl methyl sites for hydroxylation is 1. The Hall–Kier alpha value is -2.74. The van der Waals surface area contributed by atoms with Crippen molar-refractivity contribution in [3.05, 3.63) is 35.0 Å². The molecule has 3 N–H and O–H groups in total. The van der Waals surface area contributed by atoms with Crippen molar-refractivity contribution in [2.45, 2.75) is 6.92 Å². The third kappa shape index (κ3) is 4.89. The normalized spacial score (nSPS) is 10.0. The first-order chi connectivity index (χ1) is 11.0. The molecule has 0 saturated heterocycles. The summed E-state index contributed by atoms with van der Waals surface area (Å²) in [5.74, 6) is 0.201. The molecule has 0 unspecified atom stereocenters. The van der Waals surface area contributed by atoms with Gasteiger partial charge in [-0.1, -0.05) is 11.6 Å². The third-order valence-electron chi connectivity index (χ3n) is 2.71. The number of carbonyl (C=O) groups excluding carboxylic acids is 2. The predicted molar refractivity (Wildman–Crippen MR) is 84.9 cm³/mol. The van der Waals surface area contributed by atoms with E-state index in [1.54, 1.807) is 18.2 Å². The number of aromatic nitrogens is 2. The van der Waals surface area contributed by atoms with E-state index in [1.807, 2.05) is 6.92 Å². The van der Waals surface area contributed by atoms with Gasteiger partial charge in [-0.25, -0.2) is 9.59 Å². The van der Waals surface area contributed by atoms with Gasteiger partial charge in [-0.15, -0.1) is 0 Å². The van der Waals surface area contributed by atoms with Gasteiger partial charge in [0.25, 0.3) is 0 Å². The van der Waals surface area contributed by atoms with Crippen molar-refractivity contribution >= 4 is 35.1 Å². The van der Waals surface area contributed by atoms with E-state index < -0.39 is 12.0 Å². The topological polar surface area (TPSA) is 105 Å². The van der Waals surface area contributed by atoms with E-state index in [4.69, 9.17) is 16.3 Å². The molecule has 2 aromatic rings. The molecule has 1 aromatic heterocycles. The highest BCUT2D eigenvalue weighted by Crippen LogP contribution is 2.27. The summed E-state index contributed by atoms with van der Waals surface area (Å²) >= 11 is 6.04. The summed E-state index contributed by atoms with van der Waals surface area (Å²) in [6.07, 6.45) is 0. The van der Waals surface area contributed by atoms with Crippen LogP contribution in [0.2, 0.25) is 5.02 Å². The fourth-order valence-corrected chi connectivity index (χ4v) is 1.89. The number of anilines is 2. The SMILES string of the molecule is COC(=O)COc1ccc(NC(=O)Nc2cc(C)[nH]n2)cc1Cl. The van der Waals surface area contributed by atoms with Crippen LogP contribution in [-0.4, -0.2) is 35.9 Å². The smallest absolute Gasteiger partial charge is 0.343 e. The van der Waals surface area contributed by atoms with Crippen molar-refractivity contribution in [2.24, 2.45) is 0 Å². The van der Waals surface area contributed by atoms with E-state index in [0.29, 0.717) is 17.3 Å². The minimum Gasteiger partial charge on any atom is -0.480 e. The number of H-pyrrole nitrogens is 1. The molecular weight excluding hydrogens is 324 g/mol. The van der Waals surface area contributed by atoms with Crippen LogP contribution in [0.1, 0.15) is 5.69 Å². The van der Waals surface area contributed by atoms with Gasteiger partial charge in [-0.05, 0) is 25.1 Å². The third-order valence-corrected chi connectivity index (χ3v) is 3.01. The van der Waals surface area contributed by atoms with E-state index in [-0.39, 0.29) is 11.6 Å². The molecular formula is C14H15ClN4O4. The zero-order valence-corrected chi connectivity index (χ0v) is 13.2. The van der Waals surface area contributed by atoms with Crippen molar-refractivity contribution in [2.75, 3.05) is 24.4 Å². The van der Waals surface area contributed by atoms with E-state index in [9.17, 15) is 9.59 Å². The Morgan fingerprint density at radius 1 is 1.30 bits per heavy atom. The molecule has 0 atom stereocenters. The summed E-state index contributed by atoms with van der Waals surface area (Å²) in [4.78, 5) is 22.8. The lowest BCUT2D eigenvalue weighted by atomic mass is 10.3. The summed E-state index contributed by atoms with van der Waals surface area (Å²) in [6, 6.07) is 5.86. The van der Waals surface area contributed by atoms with E-state index in [1.165, 1.54) is 13.2 Å². The fraction of sp³-hybridized carbons (Fsp3) is 0.214. The van der Waals surface area contributed by atoms with Crippen LogP contribution in [0.25, 0.3) is 0 Å². The van der Waals surface area contributed by atoms with Gasteiger partial charge in [0.1, 0.15) is 5.75 Å². The molecule has 0 spiro atoms. The van der Waals surface area contributed by atoms with Crippen molar-refractivity contribution in [3.63, 3.8) is 0 Å². The summed E-state index contributed by atoms with van der Waals surface area (Å²) in [7, 11) is 1.26. The lowest BCUT2D eigenvalue weighted by Gasteiger charge is -2.09. The molecule has 0 saturated carbocycles. The van der Waals surface area contributed by atoms with Crippen molar-refractivity contribution < 1.29 is 19.1 Å². The Labute approximate surface area is 137 Å². The molecule has 0 radical (unpaired) electrons. The Morgan fingerprint density at radius 2 is 2.09 bits per heavy atom. The van der Waals surface area contributed by atoms with Crippen LogP contribution >= 0.6 is 11.6 Å². The average molecular weight is 339 g/mol. The first kappa shape index (κ1) is 16.6. The van der Waals surface area contributed by atoms with Crippen LogP contribution in [0, 0.1) is 6.92 Å². The molecule has 2 amide bonds. The maximum Gasteiger partial charge on any atom is 0.343 e. The molecule has 0 fully saturated rings. The van der Waals surface area contributed by atoms with Crippen LogP contribution in [-0.2, 0) is 9.53 Å². The molecule has 0 aliphatic carbocycles. The number of benzene rings is 1. The Kier molecular flexibility index (Phi) is 5.42. The number of rotatable bonds is 5. The minimum atomic E-state index is -0.517. The maximum absolute atomic E-state index is 11.8. The highest BCUT2D eigenvalue weighted by Gasteiger charge is 2.09. The lowest BCUT2D eigenvalue weighted by molar-refractivity contribution is -0.142. The summed E-state index contributed by atoms with van der Waals surface area (Å²) in [5, 5.41) is 12.0. The largest absolute Gasteiger partial charge is 0.480 e. The van der Waals surface area contributed by atoms with E-state index >= 15 is 0 Å². The number of ether oxygens (including phenoxy) is 2. The quantitative estimate of drug-likeness (QED) is 0.727. The molecule has 122 valence electrons. The molecule has 9 heteroatoms. The number of nitrogens with one attached hydrogen (secondary N) is 3. The maximum atomic E-state index is 11.8. The number of methoxy groups -OCH3 is 1. The Balaban J connectivity index is 1.94. The summed E-state index contributed by atoms with van der Waals surface area (Å²) < 4.78 is 9.66. The second-order valence-electron chi connectivity index (χ2n) is 4.53. The van der Waals surface area contributed by atoms with E-state index in [2.05, 4.69) is 25.6 Å². The predicted octanol–water partition coefficient (Wildman–Crippen LogP) is 2.57. The average Bonchev–Trinajstić information content (AvgIpc) is 2.91. The number of amides is 2. The molecule has 1 heterocycles. The van der Waals surface area contributed by atoms with Crippen LogP contribution in [0.4, 0.5) is 16.3 Å². The molecule has 0 aliphatic heterocycles. The van der Waals surface area contributed by atoms with Gasteiger partial charge in [0.05, 0.1) is 12.1 Å². The molecule has 0 bridgehead atoms. The van der Waals surface area contributed by atoms with Crippen LogP contribution in [0.15, 0.2) is 24.3 Å². The number of esters is 1. The monoisotopic (exact) mass is 338 g/mol. The van der Waals surface area contributed by atoms with Crippen molar-refractivity contribution in [1.82, 2.24) is 10.2 Å². The molecule has 8 nitrogen and oxygen atoms in total. The number of urea groups is 1. The second kappa shape index (κ2) is 7.50. The first-order valence-electron chi connectivity index (χ1n) is 6.57. The zero-order valence-electron chi connectivity index (χ0n) is 12.5. The molecule has 1 aromatic carbocycles. The van der Waals surface area contributed by atoms with Gasteiger partial charge in [0.15, 0.2) is 12.4 Å². The summed E-state index contributed by atoms with van der Waals surface area (Å²) in [6.45, 7) is 1.57. The Bertz CT molecular complexity index is 717. The van der Waals surface area contributed by atoms with Gasteiger partial charge in [0.2, 0.25) is 0 Å². The second-order valence-corrected chi connectivity index (χ2v) is 4.93. The number of hydrogen-bond donors (Lipinski definition) is 3. The number of carbonyl (C=O) groups is 2. The molecule has 0 aliphatic rings. The zero-order chi connectivity index (χ0) is 16.8. The molecule has 23 heavy (non-hydrogen) atoms. The number of hydrogen-bond acceptors (Lipinski definition) is 5. The first-order valence-corrected chi connectivity index (χ1v) is 6.95. The number of nitrogens with zero attached hydrogens (tertiary/aromatic N) is 1. The highest BCUT2D eigenvalue weighted by molar-refractivity contribution is 6.32. The minimum absolute atomic E-state index is 0.248. The fourth-order valence-electron chi connectivity index (χ4n) is 1.65. The molecule has 2 rings (SSSR count). The van der Waals surface area contributed by atoms with Gasteiger partial charge in [-0.3, -0.25) is 10.4 Å². The van der Waals surface area contributed by atoms with Gasteiger partial charge >= 0.3 is 12.0 Å². The van der Waals surface area contributed by atoms with Crippen LogP contribution in [0.5, 0.6) is 5.75 Å². The summed E-state index contributed by atoms with van der Waals surface area (Å²) in [5.41, 5.74) is 1.29. The van der Waals surface area contributed by atoms with Crippen molar-refractivity contribution in [3.8, 4) is 5.75 Å². The van der Waals surface area contributed by atoms with Crippen LogP contribution in [0.3, 0.4) is 0 Å². The van der Waals surface area contributed by atoms with Crippen LogP contribution < -0.4 is 15.4 Å². The van der Waals surface area contributed by atoms with Gasteiger partial charge in [0, 0.05) is 17.4 Å².